The Morgan fingerprint density at radius 2 is 1.69 bits per heavy atom. The number of carbonyl (C=O) groups excluding carboxylic acids is 1. The summed E-state index contributed by atoms with van der Waals surface area (Å²) in [5.41, 5.74) is 1.40. The van der Waals surface area contributed by atoms with E-state index < -0.39 is 32.2 Å². The molecule has 1 saturated carbocycles. The second-order valence-electron chi connectivity index (χ2n) is 7.97. The van der Waals surface area contributed by atoms with Crippen LogP contribution in [0.1, 0.15) is 60.9 Å². The normalized spacial score (nSPS) is 19.1. The summed E-state index contributed by atoms with van der Waals surface area (Å²) >= 11 is 0. The third kappa shape index (κ3) is 6.68. The predicted molar refractivity (Wildman–Crippen MR) is 116 cm³/mol. The van der Waals surface area contributed by atoms with E-state index in [1.54, 1.807) is 6.07 Å². The summed E-state index contributed by atoms with van der Waals surface area (Å²) in [5.74, 6) is -1.75. The van der Waals surface area contributed by atoms with Crippen LogP contribution in [0.25, 0.3) is 0 Å². The zero-order valence-electron chi connectivity index (χ0n) is 17.7. The van der Waals surface area contributed by atoms with Crippen molar-refractivity contribution < 1.29 is 31.8 Å². The van der Waals surface area contributed by atoms with Crippen LogP contribution >= 0.6 is 0 Å². The van der Waals surface area contributed by atoms with Crippen molar-refractivity contribution in [2.45, 2.75) is 62.9 Å². The van der Waals surface area contributed by atoms with Crippen molar-refractivity contribution in [2.75, 3.05) is 0 Å². The number of ether oxygens (including phenoxy) is 2. The zero-order chi connectivity index (χ0) is 23.3. The van der Waals surface area contributed by atoms with Gasteiger partial charge in [0.1, 0.15) is 17.3 Å². The third-order valence-electron chi connectivity index (χ3n) is 5.69. The molecule has 0 unspecified atom stereocenters. The van der Waals surface area contributed by atoms with Gasteiger partial charge in [-0.1, -0.05) is 38.3 Å². The first-order valence-electron chi connectivity index (χ1n) is 10.6. The van der Waals surface area contributed by atoms with Gasteiger partial charge < -0.3 is 9.47 Å². The summed E-state index contributed by atoms with van der Waals surface area (Å²) in [6, 6.07) is 10.2. The number of esters is 1. The molecule has 0 spiro atoms. The van der Waals surface area contributed by atoms with Gasteiger partial charge in [-0.2, -0.15) is 0 Å². The van der Waals surface area contributed by atoms with Crippen molar-refractivity contribution in [1.82, 2.24) is 0 Å². The Morgan fingerprint density at radius 3 is 2.25 bits per heavy atom. The SMILES string of the molecule is CCC[Si]([Si])C1CCC(c2ccc(C(=O)Oc3ccc(OC(F)(F)F)cc3)c(F)c2)CC1. The lowest BCUT2D eigenvalue weighted by atomic mass is 9.83. The first kappa shape index (κ1) is 24.5. The smallest absolute Gasteiger partial charge is 0.423 e. The minimum atomic E-state index is -4.81. The largest absolute Gasteiger partial charge is 0.573 e. The molecule has 170 valence electrons. The van der Waals surface area contributed by atoms with Gasteiger partial charge >= 0.3 is 12.3 Å². The molecule has 1 aliphatic carbocycles. The van der Waals surface area contributed by atoms with Crippen molar-refractivity contribution >= 4 is 24.0 Å². The Labute approximate surface area is 189 Å². The average Bonchev–Trinajstić information content (AvgIpc) is 2.74. The van der Waals surface area contributed by atoms with Gasteiger partial charge in [0.15, 0.2) is 0 Å². The van der Waals surface area contributed by atoms with E-state index >= 15 is 0 Å². The summed E-state index contributed by atoms with van der Waals surface area (Å²) in [4.78, 5) is 12.3. The molecule has 1 fully saturated rings. The summed E-state index contributed by atoms with van der Waals surface area (Å²) in [6.07, 6.45) is 0.635. The van der Waals surface area contributed by atoms with Crippen molar-refractivity contribution in [3.63, 3.8) is 0 Å². The Bertz CT molecular complexity index is 910. The first-order chi connectivity index (χ1) is 15.2. The topological polar surface area (TPSA) is 35.5 Å². The average molecular weight is 481 g/mol. The fourth-order valence-corrected chi connectivity index (χ4v) is 7.66. The molecule has 0 N–H and O–H groups in total. The number of hydrogen-bond donors (Lipinski definition) is 0. The van der Waals surface area contributed by atoms with Crippen molar-refractivity contribution in [2.24, 2.45) is 0 Å². The molecule has 3 nitrogen and oxygen atoms in total. The van der Waals surface area contributed by atoms with E-state index in [0.717, 1.165) is 61.1 Å². The van der Waals surface area contributed by atoms with Crippen LogP contribution in [0, 0.1) is 5.82 Å². The highest BCUT2D eigenvalue weighted by Gasteiger charge is 2.31. The number of alkyl halides is 3. The van der Waals surface area contributed by atoms with Gasteiger partial charge in [0.25, 0.3) is 0 Å². The number of hydrogen-bond acceptors (Lipinski definition) is 3. The van der Waals surface area contributed by atoms with Crippen molar-refractivity contribution in [1.29, 1.82) is 0 Å². The van der Waals surface area contributed by atoms with Gasteiger partial charge in [0.2, 0.25) is 0 Å². The van der Waals surface area contributed by atoms with E-state index in [-0.39, 0.29) is 17.2 Å². The molecule has 0 atom stereocenters. The molecule has 32 heavy (non-hydrogen) atoms. The zero-order valence-corrected chi connectivity index (χ0v) is 19.7. The van der Waals surface area contributed by atoms with Gasteiger partial charge in [-0.05, 0) is 66.3 Å². The highest BCUT2D eigenvalue weighted by Crippen LogP contribution is 2.40. The minimum Gasteiger partial charge on any atom is -0.423 e. The Morgan fingerprint density at radius 1 is 1.06 bits per heavy atom. The van der Waals surface area contributed by atoms with E-state index in [4.69, 9.17) is 4.74 Å². The van der Waals surface area contributed by atoms with Gasteiger partial charge in [0.05, 0.1) is 5.56 Å². The van der Waals surface area contributed by atoms with Crippen molar-refractivity contribution in [3.8, 4) is 11.5 Å². The number of rotatable bonds is 7. The number of halogens is 4. The van der Waals surface area contributed by atoms with E-state index in [9.17, 15) is 22.4 Å². The summed E-state index contributed by atoms with van der Waals surface area (Å²) in [6.45, 7) is 2.20. The van der Waals surface area contributed by atoms with Gasteiger partial charge in [0, 0.05) is 18.1 Å². The van der Waals surface area contributed by atoms with Gasteiger partial charge in [-0.25, -0.2) is 9.18 Å². The maximum atomic E-state index is 14.7. The van der Waals surface area contributed by atoms with Gasteiger partial charge in [-0.3, -0.25) is 0 Å². The van der Waals surface area contributed by atoms with Gasteiger partial charge in [-0.15, -0.1) is 13.2 Å². The van der Waals surface area contributed by atoms with Crippen LogP contribution in [0.5, 0.6) is 11.5 Å². The standard InChI is InChI=1S/C23H24F4O3Si2/c1-2-13-32(31)19-10-3-15(4-11-19)16-5-12-20(21(24)14-16)22(28)29-17-6-8-18(9-7-17)30-23(25,26)27/h5-9,12,14-15,19H,2-4,10-11,13H2,1H3. The van der Waals surface area contributed by atoms with Crippen LogP contribution < -0.4 is 9.47 Å². The summed E-state index contributed by atoms with van der Waals surface area (Å²) in [5, 5.41) is 0. The van der Waals surface area contributed by atoms with Crippen LogP contribution in [0.4, 0.5) is 17.6 Å². The Balaban J connectivity index is 1.60. The molecular weight excluding hydrogens is 456 g/mol. The molecule has 0 aliphatic heterocycles. The molecule has 2 aromatic carbocycles. The first-order valence-corrected chi connectivity index (χ1v) is 13.9. The molecule has 2 aromatic rings. The fourth-order valence-electron chi connectivity index (χ4n) is 4.07. The molecule has 3 rings (SSSR count). The summed E-state index contributed by atoms with van der Waals surface area (Å²) in [7, 11) is 3.44. The Hall–Kier alpha value is -2.14. The monoisotopic (exact) mass is 480 g/mol. The van der Waals surface area contributed by atoms with Crippen LogP contribution in [-0.2, 0) is 0 Å². The lowest BCUT2D eigenvalue weighted by Gasteiger charge is -2.32. The molecular formula is C23H24F4O3Si2. The molecule has 0 heterocycles. The van der Waals surface area contributed by atoms with E-state index in [1.165, 1.54) is 24.6 Å². The lowest BCUT2D eigenvalue weighted by Crippen LogP contribution is -2.25. The van der Waals surface area contributed by atoms with E-state index in [2.05, 4.69) is 21.4 Å². The third-order valence-corrected chi connectivity index (χ3v) is 10.3. The highest BCUT2D eigenvalue weighted by molar-refractivity contribution is 7.04. The molecule has 1 aliphatic rings. The van der Waals surface area contributed by atoms with Crippen LogP contribution in [0.2, 0.25) is 11.6 Å². The maximum absolute atomic E-state index is 14.7. The van der Waals surface area contributed by atoms with Crippen LogP contribution in [0.3, 0.4) is 0 Å². The molecule has 0 bridgehead atoms. The molecule has 4 radical (unpaired) electrons. The minimum absolute atomic E-state index is 0.00870. The van der Waals surface area contributed by atoms with E-state index in [0.29, 0.717) is 0 Å². The number of benzene rings is 2. The summed E-state index contributed by atoms with van der Waals surface area (Å²) < 4.78 is 60.2. The second kappa shape index (κ2) is 10.7. The second-order valence-corrected chi connectivity index (χ2v) is 12.3. The fraction of sp³-hybridized carbons (Fsp3) is 0.435. The Kier molecular flexibility index (Phi) is 8.16. The molecule has 0 amide bonds. The molecule has 0 aromatic heterocycles. The van der Waals surface area contributed by atoms with Crippen molar-refractivity contribution in [3.05, 3.63) is 59.4 Å². The highest BCUT2D eigenvalue weighted by atomic mass is 29.1. The number of carbonyl (C=O) groups is 1. The molecule has 9 heteroatoms. The van der Waals surface area contributed by atoms with Crippen LogP contribution in [-0.4, -0.2) is 30.4 Å². The predicted octanol–water partition coefficient (Wildman–Crippen LogP) is 6.54. The van der Waals surface area contributed by atoms with Crippen LogP contribution in [0.15, 0.2) is 42.5 Å². The molecule has 0 saturated heterocycles. The maximum Gasteiger partial charge on any atom is 0.573 e. The quantitative estimate of drug-likeness (QED) is 0.195. The lowest BCUT2D eigenvalue weighted by molar-refractivity contribution is -0.274. The van der Waals surface area contributed by atoms with E-state index in [1.807, 2.05) is 0 Å².